The second-order valence-corrected chi connectivity index (χ2v) is 3.28. The Labute approximate surface area is 80.6 Å². The molecule has 0 aliphatic rings. The van der Waals surface area contributed by atoms with E-state index in [9.17, 15) is 4.79 Å². The molecule has 0 aliphatic carbocycles. The Kier molecular flexibility index (Phi) is 6.24. The Morgan fingerprint density at radius 1 is 1.54 bits per heavy atom. The van der Waals surface area contributed by atoms with E-state index < -0.39 is 0 Å². The summed E-state index contributed by atoms with van der Waals surface area (Å²) in [6.45, 7) is 11.1. The lowest BCUT2D eigenvalue weighted by Crippen LogP contribution is -2.42. The van der Waals surface area contributed by atoms with Crippen molar-refractivity contribution >= 4 is 5.91 Å². The van der Waals surface area contributed by atoms with Crippen molar-refractivity contribution in [2.45, 2.75) is 33.2 Å². The van der Waals surface area contributed by atoms with Crippen LogP contribution in [0.4, 0.5) is 0 Å². The van der Waals surface area contributed by atoms with Crippen LogP contribution in [0.5, 0.6) is 0 Å². The van der Waals surface area contributed by atoms with E-state index >= 15 is 0 Å². The summed E-state index contributed by atoms with van der Waals surface area (Å²) in [5.74, 6) is 0.0595. The SMILES string of the molecule is C=C(C)CCNC(C)C(=O)NCC. The van der Waals surface area contributed by atoms with E-state index in [-0.39, 0.29) is 11.9 Å². The maximum absolute atomic E-state index is 11.2. The fraction of sp³-hybridized carbons (Fsp3) is 0.700. The van der Waals surface area contributed by atoms with Crippen molar-refractivity contribution in [3.8, 4) is 0 Å². The van der Waals surface area contributed by atoms with Crippen LogP contribution in [0, 0.1) is 0 Å². The molecule has 3 heteroatoms. The fourth-order valence-corrected chi connectivity index (χ4v) is 0.922. The zero-order chi connectivity index (χ0) is 10.3. The molecule has 0 bridgehead atoms. The van der Waals surface area contributed by atoms with Gasteiger partial charge in [-0.15, -0.1) is 6.58 Å². The third-order valence-electron chi connectivity index (χ3n) is 1.75. The fourth-order valence-electron chi connectivity index (χ4n) is 0.922. The highest BCUT2D eigenvalue weighted by atomic mass is 16.2. The average molecular weight is 184 g/mol. The van der Waals surface area contributed by atoms with Gasteiger partial charge in [-0.05, 0) is 33.7 Å². The van der Waals surface area contributed by atoms with E-state index in [0.717, 1.165) is 18.5 Å². The molecule has 0 aromatic heterocycles. The molecule has 0 saturated carbocycles. The van der Waals surface area contributed by atoms with Crippen molar-refractivity contribution in [2.75, 3.05) is 13.1 Å². The Hall–Kier alpha value is -0.830. The molecule has 0 radical (unpaired) electrons. The minimum atomic E-state index is -0.112. The van der Waals surface area contributed by atoms with Crippen LogP contribution in [0.2, 0.25) is 0 Å². The van der Waals surface area contributed by atoms with Gasteiger partial charge in [-0.3, -0.25) is 4.79 Å². The first-order chi connectivity index (χ1) is 6.07. The van der Waals surface area contributed by atoms with Crippen LogP contribution in [0.1, 0.15) is 27.2 Å². The second kappa shape index (κ2) is 6.66. The van der Waals surface area contributed by atoms with Gasteiger partial charge in [-0.2, -0.15) is 0 Å². The first-order valence-electron chi connectivity index (χ1n) is 4.73. The Bertz CT molecular complexity index is 178. The van der Waals surface area contributed by atoms with Gasteiger partial charge in [0.2, 0.25) is 5.91 Å². The molecule has 13 heavy (non-hydrogen) atoms. The second-order valence-electron chi connectivity index (χ2n) is 3.28. The van der Waals surface area contributed by atoms with Gasteiger partial charge in [0.1, 0.15) is 0 Å². The van der Waals surface area contributed by atoms with E-state index in [4.69, 9.17) is 0 Å². The van der Waals surface area contributed by atoms with E-state index in [1.165, 1.54) is 0 Å². The lowest BCUT2D eigenvalue weighted by atomic mass is 10.2. The number of amides is 1. The van der Waals surface area contributed by atoms with E-state index in [2.05, 4.69) is 17.2 Å². The Morgan fingerprint density at radius 3 is 2.62 bits per heavy atom. The quantitative estimate of drug-likeness (QED) is 0.606. The summed E-state index contributed by atoms with van der Waals surface area (Å²) >= 11 is 0. The van der Waals surface area contributed by atoms with Gasteiger partial charge < -0.3 is 10.6 Å². The molecule has 0 heterocycles. The lowest BCUT2D eigenvalue weighted by Gasteiger charge is -2.12. The van der Waals surface area contributed by atoms with Crippen LogP contribution < -0.4 is 10.6 Å². The van der Waals surface area contributed by atoms with Crippen LogP contribution in [-0.2, 0) is 4.79 Å². The molecule has 0 aromatic rings. The van der Waals surface area contributed by atoms with Gasteiger partial charge >= 0.3 is 0 Å². The summed E-state index contributed by atoms with van der Waals surface area (Å²) in [6.07, 6.45) is 0.920. The molecule has 3 nitrogen and oxygen atoms in total. The standard InChI is InChI=1S/C10H20N2O/c1-5-11-10(13)9(4)12-7-6-8(2)3/h9,12H,2,5-7H2,1,3-4H3,(H,11,13). The zero-order valence-electron chi connectivity index (χ0n) is 8.81. The summed E-state index contributed by atoms with van der Waals surface area (Å²) in [4.78, 5) is 11.2. The third-order valence-corrected chi connectivity index (χ3v) is 1.75. The van der Waals surface area contributed by atoms with Crippen LogP contribution >= 0.6 is 0 Å². The van der Waals surface area contributed by atoms with E-state index in [1.807, 2.05) is 20.8 Å². The van der Waals surface area contributed by atoms with Crippen molar-refractivity contribution in [3.05, 3.63) is 12.2 Å². The summed E-state index contributed by atoms with van der Waals surface area (Å²) in [5, 5.41) is 5.89. The van der Waals surface area contributed by atoms with E-state index in [1.54, 1.807) is 0 Å². The number of hydrogen-bond donors (Lipinski definition) is 2. The lowest BCUT2D eigenvalue weighted by molar-refractivity contribution is -0.122. The average Bonchev–Trinajstić information content (AvgIpc) is 2.04. The molecule has 1 unspecified atom stereocenters. The smallest absolute Gasteiger partial charge is 0.236 e. The molecular weight excluding hydrogens is 164 g/mol. The summed E-state index contributed by atoms with van der Waals surface area (Å²) in [5.41, 5.74) is 1.13. The zero-order valence-corrected chi connectivity index (χ0v) is 8.81. The molecule has 2 N–H and O–H groups in total. The molecule has 76 valence electrons. The van der Waals surface area contributed by atoms with E-state index in [0.29, 0.717) is 6.54 Å². The number of rotatable bonds is 6. The van der Waals surface area contributed by atoms with Gasteiger partial charge in [0.25, 0.3) is 0 Å². The summed E-state index contributed by atoms with van der Waals surface area (Å²) in [6, 6.07) is -0.112. The van der Waals surface area contributed by atoms with Gasteiger partial charge in [-0.1, -0.05) is 5.57 Å². The largest absolute Gasteiger partial charge is 0.355 e. The minimum Gasteiger partial charge on any atom is -0.355 e. The highest BCUT2D eigenvalue weighted by molar-refractivity contribution is 5.81. The molecule has 0 spiro atoms. The van der Waals surface area contributed by atoms with Gasteiger partial charge in [-0.25, -0.2) is 0 Å². The Balaban J connectivity index is 3.55. The minimum absolute atomic E-state index is 0.0595. The number of carbonyl (C=O) groups excluding carboxylic acids is 1. The molecule has 0 aromatic carbocycles. The van der Waals surface area contributed by atoms with Crippen LogP contribution in [0.25, 0.3) is 0 Å². The first-order valence-corrected chi connectivity index (χ1v) is 4.73. The topological polar surface area (TPSA) is 41.1 Å². The summed E-state index contributed by atoms with van der Waals surface area (Å²) in [7, 11) is 0. The molecule has 0 aliphatic heterocycles. The molecular formula is C10H20N2O. The first kappa shape index (κ1) is 12.2. The van der Waals surface area contributed by atoms with Crippen molar-refractivity contribution in [2.24, 2.45) is 0 Å². The summed E-state index contributed by atoms with van der Waals surface area (Å²) < 4.78 is 0. The number of likely N-dealkylation sites (N-methyl/N-ethyl adjacent to an activating group) is 1. The van der Waals surface area contributed by atoms with Crippen LogP contribution in [-0.4, -0.2) is 25.0 Å². The van der Waals surface area contributed by atoms with Crippen LogP contribution in [0.3, 0.4) is 0 Å². The Morgan fingerprint density at radius 2 is 2.15 bits per heavy atom. The highest BCUT2D eigenvalue weighted by Gasteiger charge is 2.09. The molecule has 0 fully saturated rings. The molecule has 0 rings (SSSR count). The number of hydrogen-bond acceptors (Lipinski definition) is 2. The maximum atomic E-state index is 11.2. The van der Waals surface area contributed by atoms with Crippen LogP contribution in [0.15, 0.2) is 12.2 Å². The maximum Gasteiger partial charge on any atom is 0.236 e. The van der Waals surface area contributed by atoms with Crippen molar-refractivity contribution in [1.82, 2.24) is 10.6 Å². The predicted octanol–water partition coefficient (Wildman–Crippen LogP) is 1.07. The molecule has 1 atom stereocenters. The monoisotopic (exact) mass is 184 g/mol. The number of nitrogens with one attached hydrogen (secondary N) is 2. The van der Waals surface area contributed by atoms with Gasteiger partial charge in [0, 0.05) is 6.54 Å². The third kappa shape index (κ3) is 6.34. The van der Waals surface area contributed by atoms with Crippen molar-refractivity contribution < 1.29 is 4.79 Å². The normalized spacial score (nSPS) is 12.2. The molecule has 0 saturated heterocycles. The number of carbonyl (C=O) groups is 1. The van der Waals surface area contributed by atoms with Crippen molar-refractivity contribution in [1.29, 1.82) is 0 Å². The highest BCUT2D eigenvalue weighted by Crippen LogP contribution is 1.93. The predicted molar refractivity (Wildman–Crippen MR) is 55.6 cm³/mol. The van der Waals surface area contributed by atoms with Gasteiger partial charge in [0.05, 0.1) is 6.04 Å². The molecule has 1 amide bonds. The van der Waals surface area contributed by atoms with Gasteiger partial charge in [0.15, 0.2) is 0 Å². The van der Waals surface area contributed by atoms with Crippen molar-refractivity contribution in [3.63, 3.8) is 0 Å².